The normalized spacial score (nSPS) is 21.0. The maximum atomic E-state index is 12.5. The van der Waals surface area contributed by atoms with Crippen molar-refractivity contribution in [2.75, 3.05) is 26.7 Å². The van der Waals surface area contributed by atoms with Crippen molar-refractivity contribution in [3.63, 3.8) is 0 Å². The number of nitrogens with zero attached hydrogens (tertiary/aromatic N) is 1. The lowest BCUT2D eigenvalue weighted by Crippen LogP contribution is -2.50. The van der Waals surface area contributed by atoms with Gasteiger partial charge < -0.3 is 15.0 Å². The van der Waals surface area contributed by atoms with E-state index in [9.17, 15) is 9.59 Å². The second kappa shape index (κ2) is 6.38. The molecule has 1 heterocycles. The zero-order valence-corrected chi connectivity index (χ0v) is 12.9. The van der Waals surface area contributed by atoms with Gasteiger partial charge in [0.25, 0.3) is 0 Å². The van der Waals surface area contributed by atoms with Gasteiger partial charge in [-0.15, -0.1) is 0 Å². The summed E-state index contributed by atoms with van der Waals surface area (Å²) in [7, 11) is 1.67. The molecule has 5 nitrogen and oxygen atoms in total. The summed E-state index contributed by atoms with van der Waals surface area (Å²) in [6.07, 6.45) is 3.67. The molecular formula is C17H22N2O3. The first-order chi connectivity index (χ1) is 10.7. The summed E-state index contributed by atoms with van der Waals surface area (Å²) in [5.74, 6) is 1.16. The van der Waals surface area contributed by atoms with E-state index in [-0.39, 0.29) is 24.3 Å². The fourth-order valence-electron chi connectivity index (χ4n) is 3.42. The van der Waals surface area contributed by atoms with Gasteiger partial charge >= 0.3 is 0 Å². The molecular weight excluding hydrogens is 280 g/mol. The van der Waals surface area contributed by atoms with Crippen LogP contribution < -0.4 is 10.1 Å². The first kappa shape index (κ1) is 14.9. The lowest BCUT2D eigenvalue weighted by molar-refractivity contribution is -0.138. The molecule has 2 aliphatic rings. The number of hydrogen-bond acceptors (Lipinski definition) is 3. The van der Waals surface area contributed by atoms with E-state index in [0.717, 1.165) is 25.0 Å². The maximum absolute atomic E-state index is 12.5. The highest BCUT2D eigenvalue weighted by Gasteiger charge is 2.27. The van der Waals surface area contributed by atoms with E-state index in [1.165, 1.54) is 11.1 Å². The van der Waals surface area contributed by atoms with Gasteiger partial charge in [-0.05, 0) is 48.4 Å². The van der Waals surface area contributed by atoms with Crippen molar-refractivity contribution < 1.29 is 14.3 Å². The molecule has 1 aliphatic heterocycles. The lowest BCUT2D eigenvalue weighted by Gasteiger charge is -2.30. The molecule has 1 atom stereocenters. The Balaban J connectivity index is 1.71. The quantitative estimate of drug-likeness (QED) is 0.919. The molecule has 118 valence electrons. The third kappa shape index (κ3) is 3.08. The highest BCUT2D eigenvalue weighted by Crippen LogP contribution is 2.36. The second-order valence-corrected chi connectivity index (χ2v) is 6.02. The van der Waals surface area contributed by atoms with E-state index in [2.05, 4.69) is 17.4 Å². The lowest BCUT2D eigenvalue weighted by atomic mass is 9.80. The molecule has 22 heavy (non-hydrogen) atoms. The number of rotatable bonds is 3. The van der Waals surface area contributed by atoms with Crippen LogP contribution in [-0.2, 0) is 16.0 Å². The number of amides is 2. The van der Waals surface area contributed by atoms with Gasteiger partial charge in [0.1, 0.15) is 5.75 Å². The largest absolute Gasteiger partial charge is 0.497 e. The van der Waals surface area contributed by atoms with Crippen LogP contribution in [0.25, 0.3) is 0 Å². The zero-order valence-electron chi connectivity index (χ0n) is 12.9. The number of ether oxygens (including phenoxy) is 1. The number of fused-ring (bicyclic) bond motifs is 1. The van der Waals surface area contributed by atoms with Crippen LogP contribution in [0.4, 0.5) is 0 Å². The highest BCUT2D eigenvalue weighted by atomic mass is 16.5. The van der Waals surface area contributed by atoms with Crippen molar-refractivity contribution in [2.24, 2.45) is 0 Å². The number of benzene rings is 1. The Hall–Kier alpha value is -2.04. The molecule has 1 fully saturated rings. The number of carbonyl (C=O) groups excluding carboxylic acids is 2. The Labute approximate surface area is 130 Å². The second-order valence-electron chi connectivity index (χ2n) is 6.02. The average molecular weight is 302 g/mol. The zero-order chi connectivity index (χ0) is 15.5. The van der Waals surface area contributed by atoms with Crippen molar-refractivity contribution >= 4 is 11.8 Å². The molecule has 0 aromatic heterocycles. The summed E-state index contributed by atoms with van der Waals surface area (Å²) in [5.41, 5.74) is 2.56. The van der Waals surface area contributed by atoms with Gasteiger partial charge in [-0.25, -0.2) is 0 Å². The Kier molecular flexibility index (Phi) is 4.32. The number of hydrogen-bond donors (Lipinski definition) is 1. The van der Waals surface area contributed by atoms with Gasteiger partial charge in [0.2, 0.25) is 11.8 Å². The van der Waals surface area contributed by atoms with E-state index in [1.54, 1.807) is 12.0 Å². The van der Waals surface area contributed by atoms with Crippen molar-refractivity contribution in [3.05, 3.63) is 29.3 Å². The third-order valence-electron chi connectivity index (χ3n) is 4.60. The van der Waals surface area contributed by atoms with E-state index in [0.29, 0.717) is 19.5 Å². The smallest absolute Gasteiger partial charge is 0.239 e. The minimum atomic E-state index is -0.0617. The van der Waals surface area contributed by atoms with Crippen LogP contribution in [0.3, 0.4) is 0 Å². The molecule has 0 spiro atoms. The van der Waals surface area contributed by atoms with Gasteiger partial charge in [0, 0.05) is 19.5 Å². The molecule has 0 radical (unpaired) electrons. The van der Waals surface area contributed by atoms with E-state index in [1.807, 2.05) is 6.07 Å². The van der Waals surface area contributed by atoms with Crippen LogP contribution in [0, 0.1) is 0 Å². The predicted molar refractivity (Wildman–Crippen MR) is 82.9 cm³/mol. The minimum absolute atomic E-state index is 0.0617. The summed E-state index contributed by atoms with van der Waals surface area (Å²) in [6, 6.07) is 6.14. The fraction of sp³-hybridized carbons (Fsp3) is 0.529. The molecule has 1 N–H and O–H groups in total. The Bertz CT molecular complexity index is 585. The summed E-state index contributed by atoms with van der Waals surface area (Å²) in [6.45, 7) is 1.37. The van der Waals surface area contributed by atoms with Crippen molar-refractivity contribution in [3.8, 4) is 5.75 Å². The van der Waals surface area contributed by atoms with Crippen molar-refractivity contribution in [2.45, 2.75) is 31.6 Å². The number of aryl methyl sites for hydroxylation is 1. The Morgan fingerprint density at radius 1 is 1.45 bits per heavy atom. The predicted octanol–water partition coefficient (Wildman–Crippen LogP) is 1.46. The molecule has 1 unspecified atom stereocenters. The van der Waals surface area contributed by atoms with Crippen molar-refractivity contribution in [1.29, 1.82) is 0 Å². The van der Waals surface area contributed by atoms with Crippen molar-refractivity contribution in [1.82, 2.24) is 10.2 Å². The molecule has 3 rings (SSSR count). The van der Waals surface area contributed by atoms with Crippen LogP contribution in [0.2, 0.25) is 0 Å². The SMILES string of the molecule is COc1ccc2c(c1)CCCC2CC(=O)N1CCNC(=O)C1. The van der Waals surface area contributed by atoms with Crippen LogP contribution in [0.15, 0.2) is 18.2 Å². The molecule has 1 aromatic carbocycles. The molecule has 2 amide bonds. The fourth-order valence-corrected chi connectivity index (χ4v) is 3.42. The Morgan fingerprint density at radius 2 is 2.32 bits per heavy atom. The average Bonchev–Trinajstić information content (AvgIpc) is 2.54. The monoisotopic (exact) mass is 302 g/mol. The van der Waals surface area contributed by atoms with Crippen LogP contribution >= 0.6 is 0 Å². The molecule has 1 saturated heterocycles. The first-order valence-electron chi connectivity index (χ1n) is 7.88. The minimum Gasteiger partial charge on any atom is -0.497 e. The molecule has 5 heteroatoms. The van der Waals surface area contributed by atoms with Crippen LogP contribution in [0.1, 0.15) is 36.3 Å². The molecule has 1 aromatic rings. The Morgan fingerprint density at radius 3 is 3.09 bits per heavy atom. The summed E-state index contributed by atoms with van der Waals surface area (Å²) in [5, 5.41) is 2.75. The summed E-state index contributed by atoms with van der Waals surface area (Å²) >= 11 is 0. The molecule has 0 saturated carbocycles. The number of nitrogens with one attached hydrogen (secondary N) is 1. The van der Waals surface area contributed by atoms with Crippen LogP contribution in [-0.4, -0.2) is 43.5 Å². The van der Waals surface area contributed by atoms with E-state index < -0.39 is 0 Å². The first-order valence-corrected chi connectivity index (χ1v) is 7.88. The van der Waals surface area contributed by atoms with E-state index >= 15 is 0 Å². The number of piperazine rings is 1. The number of carbonyl (C=O) groups is 2. The van der Waals surface area contributed by atoms with E-state index in [4.69, 9.17) is 4.74 Å². The summed E-state index contributed by atoms with van der Waals surface area (Å²) < 4.78 is 5.28. The van der Waals surface area contributed by atoms with Gasteiger partial charge in [-0.1, -0.05) is 6.07 Å². The highest BCUT2D eigenvalue weighted by molar-refractivity contribution is 5.86. The standard InChI is InChI=1S/C17H22N2O3/c1-22-14-5-6-15-12(9-14)3-2-4-13(15)10-17(21)19-8-7-18-16(20)11-19/h5-6,9,13H,2-4,7-8,10-11H2,1H3,(H,18,20). The topological polar surface area (TPSA) is 58.6 Å². The van der Waals surface area contributed by atoms with Gasteiger partial charge in [-0.2, -0.15) is 0 Å². The van der Waals surface area contributed by atoms with Crippen LogP contribution in [0.5, 0.6) is 5.75 Å². The van der Waals surface area contributed by atoms with Gasteiger partial charge in [0.05, 0.1) is 13.7 Å². The third-order valence-corrected chi connectivity index (χ3v) is 4.60. The van der Waals surface area contributed by atoms with Gasteiger partial charge in [-0.3, -0.25) is 9.59 Å². The molecule has 1 aliphatic carbocycles. The number of methoxy groups -OCH3 is 1. The maximum Gasteiger partial charge on any atom is 0.239 e. The molecule has 0 bridgehead atoms. The van der Waals surface area contributed by atoms with Gasteiger partial charge in [0.15, 0.2) is 0 Å². The summed E-state index contributed by atoms with van der Waals surface area (Å²) in [4.78, 5) is 25.6.